The van der Waals surface area contributed by atoms with Gasteiger partial charge in [0.25, 0.3) is 5.91 Å². The van der Waals surface area contributed by atoms with E-state index < -0.39 is 29.0 Å². The summed E-state index contributed by atoms with van der Waals surface area (Å²) in [6.07, 6.45) is 2.84. The number of hydrogen-bond donors (Lipinski definition) is 2. The van der Waals surface area contributed by atoms with E-state index in [2.05, 4.69) is 15.6 Å². The molecule has 2 N–H and O–H groups in total. The Morgan fingerprint density at radius 3 is 2.62 bits per heavy atom. The number of nitrogens with one attached hydrogen (secondary N) is 2. The van der Waals surface area contributed by atoms with Gasteiger partial charge >= 0.3 is 0 Å². The van der Waals surface area contributed by atoms with Crippen LogP contribution in [0.5, 0.6) is 0 Å². The minimum Gasteiger partial charge on any atom is -0.383 e. The number of halogens is 3. The molecule has 110 valence electrons. The Kier molecular flexibility index (Phi) is 4.42. The van der Waals surface area contributed by atoms with Gasteiger partial charge < -0.3 is 10.6 Å². The first kappa shape index (κ1) is 14.8. The van der Waals surface area contributed by atoms with Crippen LogP contribution in [0, 0.1) is 17.5 Å². The highest BCUT2D eigenvalue weighted by Gasteiger charge is 2.17. The van der Waals surface area contributed by atoms with Gasteiger partial charge in [0, 0.05) is 12.7 Å². The third-order valence-electron chi connectivity index (χ3n) is 2.72. The number of rotatable bonds is 4. The topological polar surface area (TPSA) is 54.0 Å². The van der Waals surface area contributed by atoms with Crippen molar-refractivity contribution in [2.45, 2.75) is 6.92 Å². The van der Waals surface area contributed by atoms with Crippen LogP contribution in [0.15, 0.2) is 30.6 Å². The number of hydrogen-bond acceptors (Lipinski definition) is 3. The van der Waals surface area contributed by atoms with Crippen LogP contribution in [-0.2, 0) is 0 Å². The van der Waals surface area contributed by atoms with Crippen molar-refractivity contribution in [3.63, 3.8) is 0 Å². The number of nitrogens with zero attached hydrogens (tertiary/aromatic N) is 1. The molecule has 0 fully saturated rings. The monoisotopic (exact) mass is 295 g/mol. The van der Waals surface area contributed by atoms with Gasteiger partial charge in [-0.1, -0.05) is 0 Å². The van der Waals surface area contributed by atoms with E-state index in [4.69, 9.17) is 0 Å². The maximum Gasteiger partial charge on any atom is 0.257 e. The van der Waals surface area contributed by atoms with Crippen LogP contribution in [0.4, 0.5) is 24.5 Å². The van der Waals surface area contributed by atoms with Crippen molar-refractivity contribution in [3.8, 4) is 0 Å². The van der Waals surface area contributed by atoms with E-state index in [0.29, 0.717) is 12.2 Å². The SMILES string of the molecule is CCNc1cnccc1C(=O)Nc1ccc(F)c(F)c1F. The Bertz CT molecular complexity index is 677. The Labute approximate surface area is 119 Å². The molecule has 4 nitrogen and oxygen atoms in total. The molecule has 1 aromatic carbocycles. The zero-order valence-corrected chi connectivity index (χ0v) is 11.1. The lowest BCUT2D eigenvalue weighted by molar-refractivity contribution is 0.102. The van der Waals surface area contributed by atoms with E-state index in [-0.39, 0.29) is 5.56 Å². The van der Waals surface area contributed by atoms with Crippen LogP contribution in [0.25, 0.3) is 0 Å². The molecule has 0 aliphatic carbocycles. The van der Waals surface area contributed by atoms with Gasteiger partial charge in [-0.05, 0) is 25.1 Å². The van der Waals surface area contributed by atoms with Crippen molar-refractivity contribution in [2.75, 3.05) is 17.2 Å². The van der Waals surface area contributed by atoms with Gasteiger partial charge in [0.2, 0.25) is 0 Å². The van der Waals surface area contributed by atoms with Gasteiger partial charge in [0.05, 0.1) is 23.1 Å². The summed E-state index contributed by atoms with van der Waals surface area (Å²) in [5.41, 5.74) is 0.245. The molecule has 0 saturated heterocycles. The highest BCUT2D eigenvalue weighted by atomic mass is 19.2. The van der Waals surface area contributed by atoms with Crippen LogP contribution < -0.4 is 10.6 Å². The molecule has 0 unspecified atom stereocenters. The molecule has 21 heavy (non-hydrogen) atoms. The van der Waals surface area contributed by atoms with Crippen molar-refractivity contribution in [1.82, 2.24) is 4.98 Å². The maximum atomic E-state index is 13.5. The number of pyridine rings is 1. The average Bonchev–Trinajstić information content (AvgIpc) is 2.49. The minimum absolute atomic E-state index is 0.219. The minimum atomic E-state index is -1.63. The van der Waals surface area contributed by atoms with Gasteiger partial charge in [0.1, 0.15) is 0 Å². The van der Waals surface area contributed by atoms with Crippen molar-refractivity contribution in [1.29, 1.82) is 0 Å². The van der Waals surface area contributed by atoms with E-state index in [1.807, 2.05) is 6.92 Å². The van der Waals surface area contributed by atoms with Gasteiger partial charge in [-0.2, -0.15) is 0 Å². The molecule has 0 aliphatic rings. The zero-order valence-electron chi connectivity index (χ0n) is 11.1. The summed E-state index contributed by atoms with van der Waals surface area (Å²) in [5, 5.41) is 5.13. The molecule has 0 saturated carbocycles. The van der Waals surface area contributed by atoms with E-state index in [0.717, 1.165) is 12.1 Å². The molecule has 2 rings (SSSR count). The Balaban J connectivity index is 2.29. The summed E-state index contributed by atoms with van der Waals surface area (Å²) < 4.78 is 39.5. The number of amides is 1. The molecule has 0 radical (unpaired) electrons. The number of aromatic nitrogens is 1. The van der Waals surface area contributed by atoms with Crippen molar-refractivity contribution in [2.24, 2.45) is 0 Å². The Hall–Kier alpha value is -2.57. The van der Waals surface area contributed by atoms with Crippen LogP contribution in [0.1, 0.15) is 17.3 Å². The van der Waals surface area contributed by atoms with Crippen LogP contribution in [0.3, 0.4) is 0 Å². The first-order valence-electron chi connectivity index (χ1n) is 6.17. The maximum absolute atomic E-state index is 13.5. The highest BCUT2D eigenvalue weighted by molar-refractivity contribution is 6.07. The third kappa shape index (κ3) is 3.13. The predicted octanol–water partition coefficient (Wildman–Crippen LogP) is 3.18. The summed E-state index contributed by atoms with van der Waals surface area (Å²) in [6.45, 7) is 2.40. The molecule has 0 bridgehead atoms. The number of carbonyl (C=O) groups excluding carboxylic acids is 1. The Morgan fingerprint density at radius 1 is 1.14 bits per heavy atom. The largest absolute Gasteiger partial charge is 0.383 e. The summed E-state index contributed by atoms with van der Waals surface area (Å²) in [5.74, 6) is -5.04. The first-order chi connectivity index (χ1) is 10.0. The van der Waals surface area contributed by atoms with Gasteiger partial charge in [-0.15, -0.1) is 0 Å². The fraction of sp³-hybridized carbons (Fsp3) is 0.143. The molecule has 1 heterocycles. The molecule has 2 aromatic rings. The normalized spacial score (nSPS) is 10.3. The summed E-state index contributed by atoms with van der Waals surface area (Å²) in [7, 11) is 0. The lowest BCUT2D eigenvalue weighted by Crippen LogP contribution is -2.16. The predicted molar refractivity (Wildman–Crippen MR) is 72.7 cm³/mol. The quantitative estimate of drug-likeness (QED) is 0.852. The van der Waals surface area contributed by atoms with Crippen LogP contribution in [-0.4, -0.2) is 17.4 Å². The summed E-state index contributed by atoms with van der Waals surface area (Å²) in [4.78, 5) is 16.0. The van der Waals surface area contributed by atoms with Crippen molar-refractivity contribution >= 4 is 17.3 Å². The molecule has 0 aliphatic heterocycles. The van der Waals surface area contributed by atoms with E-state index >= 15 is 0 Å². The fourth-order valence-electron chi connectivity index (χ4n) is 1.74. The highest BCUT2D eigenvalue weighted by Crippen LogP contribution is 2.21. The van der Waals surface area contributed by atoms with Crippen molar-refractivity contribution < 1.29 is 18.0 Å². The molecule has 1 amide bonds. The van der Waals surface area contributed by atoms with Crippen LogP contribution in [0.2, 0.25) is 0 Å². The van der Waals surface area contributed by atoms with E-state index in [1.165, 1.54) is 18.5 Å². The van der Waals surface area contributed by atoms with Gasteiger partial charge in [-0.25, -0.2) is 13.2 Å². The number of benzene rings is 1. The molecular formula is C14H12F3N3O. The standard InChI is InChI=1S/C14H12F3N3O/c1-2-19-11-7-18-6-5-8(11)14(21)20-10-4-3-9(15)12(16)13(10)17/h3-7,19H,2H2,1H3,(H,20,21). The van der Waals surface area contributed by atoms with Crippen LogP contribution >= 0.6 is 0 Å². The smallest absolute Gasteiger partial charge is 0.257 e. The van der Waals surface area contributed by atoms with Gasteiger partial charge in [0.15, 0.2) is 17.5 Å². The lowest BCUT2D eigenvalue weighted by Gasteiger charge is -2.11. The molecule has 0 atom stereocenters. The summed E-state index contributed by atoms with van der Waals surface area (Å²) >= 11 is 0. The second-order valence-electron chi connectivity index (χ2n) is 4.13. The average molecular weight is 295 g/mol. The Morgan fingerprint density at radius 2 is 1.90 bits per heavy atom. The zero-order chi connectivity index (χ0) is 15.4. The van der Waals surface area contributed by atoms with Crippen molar-refractivity contribution in [3.05, 3.63) is 53.6 Å². The van der Waals surface area contributed by atoms with E-state index in [9.17, 15) is 18.0 Å². The fourth-order valence-corrected chi connectivity index (χ4v) is 1.74. The molecule has 7 heteroatoms. The van der Waals surface area contributed by atoms with E-state index in [1.54, 1.807) is 0 Å². The second kappa shape index (κ2) is 6.25. The second-order valence-corrected chi connectivity index (χ2v) is 4.13. The molecule has 1 aromatic heterocycles. The molecular weight excluding hydrogens is 283 g/mol. The summed E-state index contributed by atoms with van der Waals surface area (Å²) in [6, 6.07) is 3.14. The third-order valence-corrected chi connectivity index (χ3v) is 2.72. The number of anilines is 2. The van der Waals surface area contributed by atoms with Gasteiger partial charge in [-0.3, -0.25) is 9.78 Å². The lowest BCUT2D eigenvalue weighted by atomic mass is 10.2. The first-order valence-corrected chi connectivity index (χ1v) is 6.17. The molecule has 0 spiro atoms. The number of carbonyl (C=O) groups is 1.